The lowest BCUT2D eigenvalue weighted by molar-refractivity contribution is -0.169. The van der Waals surface area contributed by atoms with Gasteiger partial charge in [0.1, 0.15) is 0 Å². The molecule has 0 aromatic carbocycles. The number of rotatable bonds is 0. The molecular formula is C15H16O4. The van der Waals surface area contributed by atoms with E-state index in [0.717, 1.165) is 0 Å². The number of hydrogen-bond donors (Lipinski definition) is 1. The van der Waals surface area contributed by atoms with Crippen molar-refractivity contribution < 1.29 is 19.4 Å². The maximum absolute atomic E-state index is 12.1. The summed E-state index contributed by atoms with van der Waals surface area (Å²) in [5.74, 6) is -2.19. The Morgan fingerprint density at radius 2 is 2.11 bits per heavy atom. The van der Waals surface area contributed by atoms with Crippen LogP contribution in [-0.2, 0) is 14.3 Å². The van der Waals surface area contributed by atoms with E-state index in [9.17, 15) is 14.7 Å². The van der Waals surface area contributed by atoms with Crippen molar-refractivity contribution in [2.24, 2.45) is 11.3 Å². The van der Waals surface area contributed by atoms with Crippen LogP contribution < -0.4 is 0 Å². The number of ether oxygens (including phenoxy) is 1. The number of allylic oxidation sites excluding steroid dienone is 3. The Balaban J connectivity index is 2.23. The van der Waals surface area contributed by atoms with E-state index < -0.39 is 11.8 Å². The van der Waals surface area contributed by atoms with E-state index in [0.29, 0.717) is 23.1 Å². The lowest BCUT2D eigenvalue weighted by atomic mass is 9.60. The van der Waals surface area contributed by atoms with E-state index in [1.165, 1.54) is 12.2 Å². The van der Waals surface area contributed by atoms with Crippen molar-refractivity contribution in [2.75, 3.05) is 0 Å². The van der Waals surface area contributed by atoms with E-state index in [1.807, 2.05) is 19.9 Å². The van der Waals surface area contributed by atoms with E-state index in [4.69, 9.17) is 4.74 Å². The molecule has 4 heteroatoms. The van der Waals surface area contributed by atoms with Crippen molar-refractivity contribution in [3.63, 3.8) is 0 Å². The Bertz CT molecular complexity index is 595. The molecule has 1 heterocycles. The second kappa shape index (κ2) is 3.45. The summed E-state index contributed by atoms with van der Waals surface area (Å²) < 4.78 is 5.03. The standard InChI is InChI=1S/C15H16O4/c1-8-4-5-12(16)11-7-15(18)10(6-14(8,11)3)9(2)13(17)19-15/h4-5,7-8,18H,6H2,1-3H3. The molecule has 0 aromatic rings. The number of esters is 1. The minimum Gasteiger partial charge on any atom is -0.422 e. The van der Waals surface area contributed by atoms with Gasteiger partial charge >= 0.3 is 5.97 Å². The molecule has 0 fully saturated rings. The highest BCUT2D eigenvalue weighted by atomic mass is 16.7. The van der Waals surface area contributed by atoms with Crippen LogP contribution in [0, 0.1) is 11.3 Å². The van der Waals surface area contributed by atoms with Crippen molar-refractivity contribution in [1.29, 1.82) is 0 Å². The Labute approximate surface area is 111 Å². The molecule has 0 radical (unpaired) electrons. The molecule has 3 unspecified atom stereocenters. The lowest BCUT2D eigenvalue weighted by Crippen LogP contribution is -2.44. The minimum absolute atomic E-state index is 0.117. The minimum atomic E-state index is -1.73. The summed E-state index contributed by atoms with van der Waals surface area (Å²) in [6.07, 6.45) is 5.30. The monoisotopic (exact) mass is 260 g/mol. The third kappa shape index (κ3) is 1.43. The van der Waals surface area contributed by atoms with Crippen molar-refractivity contribution >= 4 is 11.8 Å². The van der Waals surface area contributed by atoms with Gasteiger partial charge in [-0.1, -0.05) is 19.9 Å². The predicted molar refractivity (Wildman–Crippen MR) is 67.9 cm³/mol. The van der Waals surface area contributed by atoms with Gasteiger partial charge in [-0.2, -0.15) is 0 Å². The fraction of sp³-hybridized carbons (Fsp3) is 0.467. The van der Waals surface area contributed by atoms with Gasteiger partial charge in [0.05, 0.1) is 0 Å². The van der Waals surface area contributed by atoms with Gasteiger partial charge in [-0.15, -0.1) is 0 Å². The van der Waals surface area contributed by atoms with Crippen molar-refractivity contribution in [3.05, 3.63) is 34.9 Å². The zero-order chi connectivity index (χ0) is 14.0. The zero-order valence-electron chi connectivity index (χ0n) is 11.2. The van der Waals surface area contributed by atoms with Gasteiger partial charge in [0.15, 0.2) is 5.78 Å². The molecule has 0 saturated carbocycles. The number of hydrogen-bond acceptors (Lipinski definition) is 4. The summed E-state index contributed by atoms with van der Waals surface area (Å²) in [5.41, 5.74) is 1.19. The lowest BCUT2D eigenvalue weighted by Gasteiger charge is -2.44. The van der Waals surface area contributed by atoms with Crippen molar-refractivity contribution in [3.8, 4) is 0 Å². The molecule has 0 spiro atoms. The molecule has 100 valence electrons. The van der Waals surface area contributed by atoms with Gasteiger partial charge < -0.3 is 9.84 Å². The van der Waals surface area contributed by atoms with Crippen LogP contribution in [-0.4, -0.2) is 22.6 Å². The molecule has 3 aliphatic rings. The number of fused-ring (bicyclic) bond motifs is 2. The van der Waals surface area contributed by atoms with Crippen LogP contribution in [0.5, 0.6) is 0 Å². The molecule has 0 aromatic heterocycles. The SMILES string of the molecule is CC1=C2CC3(C)C(=CC2(O)OC1=O)C(=O)C=CC3C. The second-order valence-corrected chi connectivity index (χ2v) is 5.85. The van der Waals surface area contributed by atoms with E-state index in [1.54, 1.807) is 6.92 Å². The number of aliphatic hydroxyl groups is 1. The molecule has 0 saturated heterocycles. The summed E-state index contributed by atoms with van der Waals surface area (Å²) in [7, 11) is 0. The maximum atomic E-state index is 12.1. The number of ketones is 1. The average Bonchev–Trinajstić information content (AvgIpc) is 2.55. The van der Waals surface area contributed by atoms with Crippen LogP contribution in [0.15, 0.2) is 34.9 Å². The Hall–Kier alpha value is -1.68. The first kappa shape index (κ1) is 12.4. The summed E-state index contributed by atoms with van der Waals surface area (Å²) >= 11 is 0. The fourth-order valence-corrected chi connectivity index (χ4v) is 3.16. The Morgan fingerprint density at radius 1 is 1.42 bits per heavy atom. The molecule has 3 rings (SSSR count). The molecule has 4 nitrogen and oxygen atoms in total. The van der Waals surface area contributed by atoms with Gasteiger partial charge in [-0.3, -0.25) is 4.79 Å². The highest BCUT2D eigenvalue weighted by Gasteiger charge is 2.54. The van der Waals surface area contributed by atoms with E-state index in [2.05, 4.69) is 0 Å². The maximum Gasteiger partial charge on any atom is 0.336 e. The predicted octanol–water partition coefficient (Wildman–Crippen LogP) is 1.66. The Kier molecular flexibility index (Phi) is 2.24. The normalized spacial score (nSPS) is 40.8. The average molecular weight is 260 g/mol. The third-order valence-corrected chi connectivity index (χ3v) is 4.75. The van der Waals surface area contributed by atoms with Crippen LogP contribution >= 0.6 is 0 Å². The van der Waals surface area contributed by atoms with Gasteiger partial charge in [-0.05, 0) is 31.4 Å². The second-order valence-electron chi connectivity index (χ2n) is 5.85. The van der Waals surface area contributed by atoms with Crippen LogP contribution in [0.1, 0.15) is 27.2 Å². The summed E-state index contributed by atoms with van der Waals surface area (Å²) in [6, 6.07) is 0. The number of carbonyl (C=O) groups is 2. The molecular weight excluding hydrogens is 244 g/mol. The first-order valence-corrected chi connectivity index (χ1v) is 6.40. The largest absolute Gasteiger partial charge is 0.422 e. The quantitative estimate of drug-likeness (QED) is 0.673. The van der Waals surface area contributed by atoms with Crippen LogP contribution in [0.4, 0.5) is 0 Å². The van der Waals surface area contributed by atoms with Gasteiger partial charge in [0, 0.05) is 22.1 Å². The van der Waals surface area contributed by atoms with Gasteiger partial charge in [0.25, 0.3) is 5.79 Å². The molecule has 3 atom stereocenters. The van der Waals surface area contributed by atoms with E-state index in [-0.39, 0.29) is 17.1 Å². The van der Waals surface area contributed by atoms with Gasteiger partial charge in [-0.25, -0.2) is 4.79 Å². The smallest absolute Gasteiger partial charge is 0.336 e. The zero-order valence-corrected chi connectivity index (χ0v) is 11.2. The molecule has 1 aliphatic heterocycles. The van der Waals surface area contributed by atoms with Gasteiger partial charge in [0.2, 0.25) is 0 Å². The fourth-order valence-electron chi connectivity index (χ4n) is 3.16. The summed E-state index contributed by atoms with van der Waals surface area (Å²) in [4.78, 5) is 23.7. The topological polar surface area (TPSA) is 63.6 Å². The van der Waals surface area contributed by atoms with Crippen LogP contribution in [0.2, 0.25) is 0 Å². The summed E-state index contributed by atoms with van der Waals surface area (Å²) in [5, 5.41) is 10.5. The third-order valence-electron chi connectivity index (χ3n) is 4.75. The first-order valence-electron chi connectivity index (χ1n) is 6.40. The van der Waals surface area contributed by atoms with Crippen molar-refractivity contribution in [1.82, 2.24) is 0 Å². The van der Waals surface area contributed by atoms with Crippen molar-refractivity contribution in [2.45, 2.75) is 33.0 Å². The molecule has 19 heavy (non-hydrogen) atoms. The highest BCUT2D eigenvalue weighted by molar-refractivity contribution is 6.07. The molecule has 1 N–H and O–H groups in total. The summed E-state index contributed by atoms with van der Waals surface area (Å²) in [6.45, 7) is 5.69. The number of carbonyl (C=O) groups excluding carboxylic acids is 2. The highest BCUT2D eigenvalue weighted by Crippen LogP contribution is 2.53. The molecule has 0 bridgehead atoms. The van der Waals surface area contributed by atoms with E-state index >= 15 is 0 Å². The first-order chi connectivity index (χ1) is 8.78. The van der Waals surface area contributed by atoms with Crippen LogP contribution in [0.25, 0.3) is 0 Å². The van der Waals surface area contributed by atoms with Crippen LogP contribution in [0.3, 0.4) is 0 Å². The molecule has 2 aliphatic carbocycles. The Morgan fingerprint density at radius 3 is 2.79 bits per heavy atom. The molecule has 0 amide bonds.